The average molecular weight is 168 g/mol. The molecule has 6 nitrogen and oxygen atoms in total. The molecular formula is C6H10N5O+. The molecule has 6 heteroatoms. The van der Waals surface area contributed by atoms with Gasteiger partial charge in [0, 0.05) is 0 Å². The highest BCUT2D eigenvalue weighted by Crippen LogP contribution is 2.24. The molecular weight excluding hydrogens is 158 g/mol. The Morgan fingerprint density at radius 1 is 1.33 bits per heavy atom. The minimum Gasteiger partial charge on any atom is -0.463 e. The van der Waals surface area contributed by atoms with E-state index in [9.17, 15) is 0 Å². The monoisotopic (exact) mass is 168 g/mol. The normalized spacial score (nSPS) is 14.0. The van der Waals surface area contributed by atoms with Crippen LogP contribution >= 0.6 is 0 Å². The lowest BCUT2D eigenvalue weighted by Gasteiger charge is -2.01. The van der Waals surface area contributed by atoms with Crippen LogP contribution in [0, 0.1) is 0 Å². The van der Waals surface area contributed by atoms with Crippen molar-refractivity contribution in [3.05, 3.63) is 0 Å². The first-order valence-corrected chi connectivity index (χ1v) is 3.57. The Bertz CT molecular complexity index is 337. The summed E-state index contributed by atoms with van der Waals surface area (Å²) in [6.45, 7) is 1.25. The molecule has 0 spiro atoms. The zero-order chi connectivity index (χ0) is 8.72. The first-order valence-electron chi connectivity index (χ1n) is 3.57. The fourth-order valence-electron chi connectivity index (χ4n) is 1.21. The highest BCUT2D eigenvalue weighted by atomic mass is 16.5. The van der Waals surface area contributed by atoms with Crippen molar-refractivity contribution >= 4 is 17.5 Å². The Balaban J connectivity index is 2.69. The lowest BCUT2D eigenvalue weighted by atomic mass is 10.4. The molecule has 0 bridgehead atoms. The number of nitrogen functional groups attached to an aromatic ring is 3. The molecule has 2 heterocycles. The van der Waals surface area contributed by atoms with E-state index in [1.165, 1.54) is 0 Å². The second kappa shape index (κ2) is 2.13. The molecule has 0 aromatic carbocycles. The maximum Gasteiger partial charge on any atom is 0.394 e. The first-order chi connectivity index (χ1) is 5.70. The molecule has 0 radical (unpaired) electrons. The van der Waals surface area contributed by atoms with E-state index in [-0.39, 0.29) is 5.82 Å². The van der Waals surface area contributed by atoms with Crippen LogP contribution in [0.5, 0.6) is 5.88 Å². The van der Waals surface area contributed by atoms with Crippen LogP contribution in [-0.2, 0) is 6.54 Å². The maximum atomic E-state index is 5.61. The second-order valence-electron chi connectivity index (χ2n) is 2.57. The summed E-state index contributed by atoms with van der Waals surface area (Å²) in [4.78, 5) is 3.86. The third-order valence-corrected chi connectivity index (χ3v) is 1.82. The molecule has 0 unspecified atom stereocenters. The molecule has 2 rings (SSSR count). The molecule has 0 aliphatic carbocycles. The van der Waals surface area contributed by atoms with E-state index in [2.05, 4.69) is 4.98 Å². The Morgan fingerprint density at radius 3 is 2.83 bits per heavy atom. The molecule has 0 atom stereocenters. The van der Waals surface area contributed by atoms with Crippen LogP contribution in [0.4, 0.5) is 17.5 Å². The number of nitrogens with zero attached hydrogens (tertiary/aromatic N) is 2. The summed E-state index contributed by atoms with van der Waals surface area (Å²) in [7, 11) is 0. The van der Waals surface area contributed by atoms with Gasteiger partial charge in [0.15, 0.2) is 5.69 Å². The van der Waals surface area contributed by atoms with Crippen LogP contribution in [0.1, 0.15) is 0 Å². The Labute approximate surface area is 68.9 Å². The highest BCUT2D eigenvalue weighted by Gasteiger charge is 2.25. The summed E-state index contributed by atoms with van der Waals surface area (Å²) in [5.41, 5.74) is 17.0. The molecule has 0 saturated carbocycles. The lowest BCUT2D eigenvalue weighted by molar-refractivity contribution is -0.666. The van der Waals surface area contributed by atoms with E-state index < -0.39 is 0 Å². The lowest BCUT2D eigenvalue weighted by Crippen LogP contribution is -2.36. The predicted molar refractivity (Wildman–Crippen MR) is 43.2 cm³/mol. The number of ether oxygens (including phenoxy) is 1. The van der Waals surface area contributed by atoms with Gasteiger partial charge < -0.3 is 16.2 Å². The third kappa shape index (κ3) is 0.744. The molecule has 0 saturated heterocycles. The van der Waals surface area contributed by atoms with Gasteiger partial charge in [-0.2, -0.15) is 4.57 Å². The molecule has 1 aromatic heterocycles. The average Bonchev–Trinajstić information content (AvgIpc) is 2.48. The number of aromatic nitrogens is 2. The van der Waals surface area contributed by atoms with Crippen molar-refractivity contribution in [2.45, 2.75) is 6.54 Å². The quantitative estimate of drug-likeness (QED) is 0.409. The van der Waals surface area contributed by atoms with E-state index in [0.717, 1.165) is 0 Å². The number of hydrogen-bond acceptors (Lipinski definition) is 5. The second-order valence-corrected chi connectivity index (χ2v) is 2.57. The first kappa shape index (κ1) is 6.96. The van der Waals surface area contributed by atoms with Gasteiger partial charge in [-0.15, -0.1) is 0 Å². The van der Waals surface area contributed by atoms with Crippen molar-refractivity contribution in [3.63, 3.8) is 0 Å². The van der Waals surface area contributed by atoms with Crippen molar-refractivity contribution in [3.8, 4) is 5.88 Å². The molecule has 1 aliphatic rings. The fraction of sp³-hybridized carbons (Fsp3) is 0.333. The van der Waals surface area contributed by atoms with Gasteiger partial charge in [0.2, 0.25) is 5.82 Å². The number of rotatable bonds is 0. The van der Waals surface area contributed by atoms with Gasteiger partial charge in [-0.25, -0.2) is 0 Å². The van der Waals surface area contributed by atoms with Gasteiger partial charge in [-0.05, 0) is 0 Å². The fourth-order valence-corrected chi connectivity index (χ4v) is 1.21. The Hall–Kier alpha value is -1.72. The van der Waals surface area contributed by atoms with E-state index in [1.807, 2.05) is 0 Å². The summed E-state index contributed by atoms with van der Waals surface area (Å²) < 4.78 is 6.93. The van der Waals surface area contributed by atoms with Crippen LogP contribution in [0.25, 0.3) is 0 Å². The third-order valence-electron chi connectivity index (χ3n) is 1.82. The molecule has 1 aliphatic heterocycles. The molecule has 1 aromatic rings. The molecule has 12 heavy (non-hydrogen) atoms. The largest absolute Gasteiger partial charge is 0.463 e. The maximum absolute atomic E-state index is 5.61. The summed E-state index contributed by atoms with van der Waals surface area (Å²) in [6, 6.07) is 0. The topological polar surface area (TPSA) is 104 Å². The van der Waals surface area contributed by atoms with Crippen LogP contribution in [-0.4, -0.2) is 11.6 Å². The van der Waals surface area contributed by atoms with E-state index in [1.54, 1.807) is 4.57 Å². The van der Waals surface area contributed by atoms with Gasteiger partial charge in [-0.3, -0.25) is 5.73 Å². The van der Waals surface area contributed by atoms with Crippen molar-refractivity contribution in [1.82, 2.24) is 4.98 Å². The smallest absolute Gasteiger partial charge is 0.394 e. The number of anilines is 3. The summed E-state index contributed by atoms with van der Waals surface area (Å²) in [6.07, 6.45) is 0. The summed E-state index contributed by atoms with van der Waals surface area (Å²) in [5.74, 6) is 1.09. The van der Waals surface area contributed by atoms with E-state index in [0.29, 0.717) is 30.7 Å². The van der Waals surface area contributed by atoms with Crippen molar-refractivity contribution in [2.75, 3.05) is 23.8 Å². The number of hydrogen-bond donors (Lipinski definition) is 3. The van der Waals surface area contributed by atoms with Crippen molar-refractivity contribution in [1.29, 1.82) is 0 Å². The van der Waals surface area contributed by atoms with Gasteiger partial charge in [0.05, 0.1) is 0 Å². The molecule has 0 amide bonds. The molecule has 6 N–H and O–H groups in total. The van der Waals surface area contributed by atoms with Crippen molar-refractivity contribution in [2.24, 2.45) is 0 Å². The van der Waals surface area contributed by atoms with E-state index in [4.69, 9.17) is 21.9 Å². The number of nitrogens with two attached hydrogens (primary N) is 3. The molecule has 64 valence electrons. The standard InChI is InChI=1S/C6H9N5O/c7-3-4(8)10-6(9)11-1-2-12-5(3)11/h1-2,7H2,(H3,8,9,10)/p+1. The van der Waals surface area contributed by atoms with Gasteiger partial charge in [0.1, 0.15) is 13.2 Å². The minimum absolute atomic E-state index is 0.223. The minimum atomic E-state index is 0.223. The number of fused-ring (bicyclic) bond motifs is 1. The van der Waals surface area contributed by atoms with E-state index >= 15 is 0 Å². The zero-order valence-electron chi connectivity index (χ0n) is 6.45. The predicted octanol–water partition coefficient (Wildman–Crippen LogP) is -1.49. The van der Waals surface area contributed by atoms with Crippen LogP contribution in [0.3, 0.4) is 0 Å². The summed E-state index contributed by atoms with van der Waals surface area (Å²) >= 11 is 0. The van der Waals surface area contributed by atoms with Crippen LogP contribution in [0.15, 0.2) is 0 Å². The Kier molecular flexibility index (Phi) is 1.24. The van der Waals surface area contributed by atoms with Gasteiger partial charge in [-0.1, -0.05) is 4.98 Å². The van der Waals surface area contributed by atoms with Gasteiger partial charge >= 0.3 is 5.95 Å². The SMILES string of the molecule is Nc1nc(N)[n+]2c(c1N)OCC2. The van der Waals surface area contributed by atoms with Gasteiger partial charge in [0.25, 0.3) is 5.88 Å². The zero-order valence-corrected chi connectivity index (χ0v) is 6.45. The van der Waals surface area contributed by atoms with Crippen LogP contribution in [0.2, 0.25) is 0 Å². The Morgan fingerprint density at radius 2 is 2.08 bits per heavy atom. The van der Waals surface area contributed by atoms with Crippen molar-refractivity contribution < 1.29 is 9.30 Å². The highest BCUT2D eigenvalue weighted by molar-refractivity contribution is 5.63. The van der Waals surface area contributed by atoms with Crippen LogP contribution < -0.4 is 26.5 Å². The summed E-state index contributed by atoms with van der Waals surface area (Å²) in [5, 5.41) is 0. The molecule has 0 fully saturated rings.